The van der Waals surface area contributed by atoms with Crippen molar-refractivity contribution in [1.29, 1.82) is 0 Å². The highest BCUT2D eigenvalue weighted by Gasteiger charge is 2.34. The minimum atomic E-state index is -0.575. The quantitative estimate of drug-likeness (QED) is 0.762. The molecule has 0 saturated carbocycles. The number of amides is 2. The predicted octanol–water partition coefficient (Wildman–Crippen LogP) is 2.88. The van der Waals surface area contributed by atoms with E-state index in [0.717, 1.165) is 31.5 Å². The lowest BCUT2D eigenvalue weighted by Gasteiger charge is -2.38. The predicted molar refractivity (Wildman–Crippen MR) is 114 cm³/mol. The number of hydrogen-bond donors (Lipinski definition) is 2. The molecule has 2 N–H and O–H groups in total. The molecule has 1 radical (unpaired) electrons. The van der Waals surface area contributed by atoms with Crippen LogP contribution < -0.4 is 10.6 Å². The minimum Gasteiger partial charge on any atom is -0.350 e. The Balaban J connectivity index is 1.57. The van der Waals surface area contributed by atoms with Crippen LogP contribution in [0.1, 0.15) is 43.7 Å². The number of carbonyl (C=O) groups is 2. The normalized spacial score (nSPS) is 20.6. The Morgan fingerprint density at radius 2 is 1.90 bits per heavy atom. The monoisotopic (exact) mass is 392 g/mol. The molecule has 0 unspecified atom stereocenters. The minimum absolute atomic E-state index is 0.0653. The zero-order chi connectivity index (χ0) is 20.6. The lowest BCUT2D eigenvalue weighted by Crippen LogP contribution is -2.54. The highest BCUT2D eigenvalue weighted by molar-refractivity contribution is 5.89. The molecule has 3 atom stereocenters. The van der Waals surface area contributed by atoms with Crippen molar-refractivity contribution in [2.75, 3.05) is 13.1 Å². The molecule has 0 spiro atoms. The maximum absolute atomic E-state index is 13.0. The van der Waals surface area contributed by atoms with Gasteiger partial charge in [-0.2, -0.15) is 0 Å². The summed E-state index contributed by atoms with van der Waals surface area (Å²) in [5, 5.41) is 5.81. The summed E-state index contributed by atoms with van der Waals surface area (Å²) in [5.74, 6) is 0.128. The lowest BCUT2D eigenvalue weighted by atomic mass is 9.85. The number of carbonyl (C=O) groups excluding carboxylic acids is 2. The van der Waals surface area contributed by atoms with Crippen LogP contribution in [0.5, 0.6) is 0 Å². The first-order valence-corrected chi connectivity index (χ1v) is 10.4. The van der Waals surface area contributed by atoms with Gasteiger partial charge in [0.05, 0.1) is 6.04 Å². The van der Waals surface area contributed by atoms with Gasteiger partial charge in [0.1, 0.15) is 6.04 Å². The van der Waals surface area contributed by atoms with Gasteiger partial charge in [-0.3, -0.25) is 14.5 Å². The van der Waals surface area contributed by atoms with E-state index in [4.69, 9.17) is 0 Å². The molecule has 5 heteroatoms. The van der Waals surface area contributed by atoms with Crippen LogP contribution in [0.3, 0.4) is 0 Å². The Bertz CT molecular complexity index is 794. The molecule has 153 valence electrons. The second-order valence-corrected chi connectivity index (χ2v) is 7.63. The molecule has 1 saturated heterocycles. The second-order valence-electron chi connectivity index (χ2n) is 7.63. The van der Waals surface area contributed by atoms with Crippen molar-refractivity contribution in [3.8, 4) is 0 Å². The second kappa shape index (κ2) is 10.2. The number of nitrogens with one attached hydrogen (secondary N) is 2. The highest BCUT2D eigenvalue weighted by atomic mass is 16.2. The van der Waals surface area contributed by atoms with Gasteiger partial charge in [-0.15, -0.1) is 0 Å². The first-order chi connectivity index (χ1) is 14.1. The molecular formula is C24H30N3O2. The van der Waals surface area contributed by atoms with Gasteiger partial charge in [0.15, 0.2) is 0 Å². The summed E-state index contributed by atoms with van der Waals surface area (Å²) in [4.78, 5) is 27.6. The number of benzene rings is 2. The standard InChI is InChI=1S/C24H30N3O2/c1-3-27-15-14-21(20-12-8-5-9-13-20)16-22(27)24(29)26-18(2)23(28)25-17-19-10-6-4-7-11-19/h5-13,18,21-22H,3,14-17H2,1-2H3,(H,25,28)(H,26,29)/t18-,21-,22+/m0/s1. The summed E-state index contributed by atoms with van der Waals surface area (Å²) in [6, 6.07) is 20.0. The highest BCUT2D eigenvalue weighted by Crippen LogP contribution is 2.31. The van der Waals surface area contributed by atoms with E-state index in [1.165, 1.54) is 5.56 Å². The fourth-order valence-electron chi connectivity index (χ4n) is 3.95. The third-order valence-corrected chi connectivity index (χ3v) is 5.70. The summed E-state index contributed by atoms with van der Waals surface area (Å²) in [7, 11) is 0. The van der Waals surface area contributed by atoms with Crippen molar-refractivity contribution in [1.82, 2.24) is 15.5 Å². The van der Waals surface area contributed by atoms with Crippen LogP contribution in [0.2, 0.25) is 0 Å². The molecule has 1 fully saturated rings. The van der Waals surface area contributed by atoms with Crippen LogP contribution in [0.15, 0.2) is 54.6 Å². The number of likely N-dealkylation sites (N-methyl/N-ethyl adjacent to an activating group) is 1. The number of nitrogens with zero attached hydrogens (tertiary/aromatic N) is 1. The summed E-state index contributed by atoms with van der Waals surface area (Å²) in [6.07, 6.45) is 1.82. The Labute approximate surface area is 173 Å². The molecule has 5 nitrogen and oxygen atoms in total. The fraction of sp³-hybridized carbons (Fsp3) is 0.417. The van der Waals surface area contributed by atoms with E-state index in [-0.39, 0.29) is 17.9 Å². The molecule has 29 heavy (non-hydrogen) atoms. The summed E-state index contributed by atoms with van der Waals surface area (Å²) in [6.45, 7) is 5.97. The Morgan fingerprint density at radius 3 is 2.59 bits per heavy atom. The van der Waals surface area contributed by atoms with Gasteiger partial charge >= 0.3 is 0 Å². The van der Waals surface area contributed by atoms with Gasteiger partial charge in [0, 0.05) is 6.54 Å². The molecule has 0 bridgehead atoms. The van der Waals surface area contributed by atoms with Gasteiger partial charge in [-0.25, -0.2) is 0 Å². The molecule has 0 aromatic heterocycles. The van der Waals surface area contributed by atoms with Crippen LogP contribution in [-0.4, -0.2) is 41.9 Å². The van der Waals surface area contributed by atoms with E-state index >= 15 is 0 Å². The Hall–Kier alpha value is -2.66. The maximum atomic E-state index is 13.0. The van der Waals surface area contributed by atoms with Crippen LogP contribution in [0.25, 0.3) is 0 Å². The van der Waals surface area contributed by atoms with Crippen molar-refractivity contribution in [3.05, 3.63) is 71.8 Å². The van der Waals surface area contributed by atoms with Gasteiger partial charge in [-0.05, 0) is 56.0 Å². The smallest absolute Gasteiger partial charge is 0.242 e. The van der Waals surface area contributed by atoms with Crippen LogP contribution in [0, 0.1) is 6.07 Å². The fourth-order valence-corrected chi connectivity index (χ4v) is 3.95. The van der Waals surface area contributed by atoms with Gasteiger partial charge in [-0.1, -0.05) is 61.5 Å². The molecule has 2 aromatic rings. The summed E-state index contributed by atoms with van der Waals surface area (Å²) >= 11 is 0. The zero-order valence-electron chi connectivity index (χ0n) is 17.2. The molecule has 2 amide bonds. The molecular weight excluding hydrogens is 362 g/mol. The summed E-state index contributed by atoms with van der Waals surface area (Å²) in [5.41, 5.74) is 2.29. The molecule has 1 aliphatic heterocycles. The molecule has 1 heterocycles. The number of piperidine rings is 1. The van der Waals surface area contributed by atoms with Gasteiger partial charge in [0.2, 0.25) is 11.8 Å². The van der Waals surface area contributed by atoms with Crippen LogP contribution in [0.4, 0.5) is 0 Å². The number of hydrogen-bond acceptors (Lipinski definition) is 3. The molecule has 1 aliphatic rings. The Morgan fingerprint density at radius 1 is 1.17 bits per heavy atom. The van der Waals surface area contributed by atoms with Crippen molar-refractivity contribution in [2.45, 2.75) is 51.2 Å². The molecule has 0 aliphatic carbocycles. The number of rotatable bonds is 7. The van der Waals surface area contributed by atoms with Crippen LogP contribution in [-0.2, 0) is 16.1 Å². The third-order valence-electron chi connectivity index (χ3n) is 5.70. The maximum Gasteiger partial charge on any atom is 0.242 e. The topological polar surface area (TPSA) is 61.4 Å². The van der Waals surface area contributed by atoms with E-state index in [0.29, 0.717) is 12.5 Å². The van der Waals surface area contributed by atoms with E-state index < -0.39 is 6.04 Å². The lowest BCUT2D eigenvalue weighted by molar-refractivity contribution is -0.132. The van der Waals surface area contributed by atoms with E-state index in [2.05, 4.69) is 40.7 Å². The first kappa shape index (κ1) is 21.1. The van der Waals surface area contributed by atoms with E-state index in [9.17, 15) is 9.59 Å². The van der Waals surface area contributed by atoms with Gasteiger partial charge in [0.25, 0.3) is 0 Å². The average Bonchev–Trinajstić information content (AvgIpc) is 2.78. The van der Waals surface area contributed by atoms with E-state index in [1.54, 1.807) is 6.92 Å². The summed E-state index contributed by atoms with van der Waals surface area (Å²) < 4.78 is 0. The van der Waals surface area contributed by atoms with Crippen LogP contribution >= 0.6 is 0 Å². The largest absolute Gasteiger partial charge is 0.350 e. The van der Waals surface area contributed by atoms with Crippen molar-refractivity contribution < 1.29 is 9.59 Å². The molecule has 2 aromatic carbocycles. The SMILES string of the molecule is CCN1CC[C@H](c2ccccc2)C[C@@H]1C(=O)N[C@@H](C)C(=O)NCc1cc[c]cc1. The van der Waals surface area contributed by atoms with Crippen molar-refractivity contribution in [2.24, 2.45) is 0 Å². The zero-order valence-corrected chi connectivity index (χ0v) is 17.2. The van der Waals surface area contributed by atoms with Crippen molar-refractivity contribution in [3.63, 3.8) is 0 Å². The first-order valence-electron chi connectivity index (χ1n) is 10.4. The average molecular weight is 393 g/mol. The van der Waals surface area contributed by atoms with E-state index in [1.807, 2.05) is 42.5 Å². The third kappa shape index (κ3) is 5.67. The van der Waals surface area contributed by atoms with Crippen molar-refractivity contribution >= 4 is 11.8 Å². The number of likely N-dealkylation sites (tertiary alicyclic amines) is 1. The molecule has 3 rings (SSSR count). The Kier molecular flexibility index (Phi) is 7.42. The van der Waals surface area contributed by atoms with Gasteiger partial charge < -0.3 is 10.6 Å².